The third kappa shape index (κ3) is 4.35. The van der Waals surface area contributed by atoms with Crippen LogP contribution in [-0.4, -0.2) is 18.5 Å². The van der Waals surface area contributed by atoms with Crippen molar-refractivity contribution in [2.75, 3.05) is 22.1 Å². The van der Waals surface area contributed by atoms with Gasteiger partial charge in [-0.1, -0.05) is 42.1 Å². The Hall–Kier alpha value is -3.45. The average molecular weight is 404 g/mol. The predicted octanol–water partition coefficient (Wildman–Crippen LogP) is 4.81. The normalized spacial score (nSPS) is 11.9. The molecule has 146 valence electrons. The van der Waals surface area contributed by atoms with E-state index in [0.717, 1.165) is 11.4 Å². The highest BCUT2D eigenvalue weighted by Gasteiger charge is 2.23. The summed E-state index contributed by atoms with van der Waals surface area (Å²) in [4.78, 5) is 28.1. The number of primary amides is 1. The molecule has 29 heavy (non-hydrogen) atoms. The van der Waals surface area contributed by atoms with Crippen LogP contribution in [0.1, 0.15) is 6.42 Å². The number of anilines is 4. The molecule has 1 aliphatic heterocycles. The topological polar surface area (TPSA) is 87.5 Å². The molecule has 0 atom stereocenters. The number of amides is 3. The van der Waals surface area contributed by atoms with Gasteiger partial charge >= 0.3 is 6.03 Å². The highest BCUT2D eigenvalue weighted by molar-refractivity contribution is 7.99. The molecule has 4 N–H and O–H groups in total. The number of para-hydroxylation sites is 2. The van der Waals surface area contributed by atoms with Gasteiger partial charge in [-0.3, -0.25) is 4.79 Å². The summed E-state index contributed by atoms with van der Waals surface area (Å²) >= 11 is 1.74. The molecule has 1 aliphatic rings. The average Bonchev–Trinajstić information content (AvgIpc) is 2.71. The van der Waals surface area contributed by atoms with Crippen molar-refractivity contribution < 1.29 is 9.59 Å². The van der Waals surface area contributed by atoms with E-state index < -0.39 is 6.03 Å². The summed E-state index contributed by atoms with van der Waals surface area (Å²) in [6, 6.07) is 22.7. The Bertz CT molecular complexity index is 1020. The number of nitrogens with one attached hydrogen (secondary N) is 2. The van der Waals surface area contributed by atoms with Gasteiger partial charge in [0, 0.05) is 34.1 Å². The van der Waals surface area contributed by atoms with E-state index in [4.69, 9.17) is 5.73 Å². The molecule has 1 heterocycles. The summed E-state index contributed by atoms with van der Waals surface area (Å²) in [5, 5.41) is 5.38. The predicted molar refractivity (Wildman–Crippen MR) is 117 cm³/mol. The Morgan fingerprint density at radius 3 is 2.03 bits per heavy atom. The quantitative estimate of drug-likeness (QED) is 0.569. The van der Waals surface area contributed by atoms with Crippen LogP contribution < -0.4 is 21.3 Å². The van der Waals surface area contributed by atoms with Crippen molar-refractivity contribution >= 4 is 46.4 Å². The molecule has 3 aromatic rings. The van der Waals surface area contributed by atoms with Gasteiger partial charge in [-0.2, -0.15) is 0 Å². The van der Waals surface area contributed by atoms with Gasteiger partial charge in [-0.05, 0) is 42.5 Å². The van der Waals surface area contributed by atoms with E-state index in [1.807, 2.05) is 24.3 Å². The van der Waals surface area contributed by atoms with Gasteiger partial charge in [0.1, 0.15) is 0 Å². The molecule has 0 aliphatic carbocycles. The molecule has 3 aromatic carbocycles. The number of nitrogens with zero attached hydrogens (tertiary/aromatic N) is 1. The maximum absolute atomic E-state index is 12.6. The number of carbonyl (C=O) groups excluding carboxylic acids is 2. The van der Waals surface area contributed by atoms with Crippen LogP contribution in [0.15, 0.2) is 82.6 Å². The van der Waals surface area contributed by atoms with E-state index in [1.54, 1.807) is 36.0 Å². The number of rotatable bonds is 5. The van der Waals surface area contributed by atoms with Gasteiger partial charge < -0.3 is 21.3 Å². The van der Waals surface area contributed by atoms with Crippen molar-refractivity contribution in [3.63, 3.8) is 0 Å². The number of nitrogens with two attached hydrogens (primary N) is 1. The van der Waals surface area contributed by atoms with E-state index >= 15 is 0 Å². The van der Waals surface area contributed by atoms with Crippen LogP contribution in [0.3, 0.4) is 0 Å². The summed E-state index contributed by atoms with van der Waals surface area (Å²) in [6.07, 6.45) is 0.320. The second kappa shape index (κ2) is 8.28. The highest BCUT2D eigenvalue weighted by atomic mass is 32.2. The standard InChI is InChI=1S/C22H20N4O2S/c23-22(28)25-16-7-5-6-15(14-16)24-21(27)12-13-26-17-8-1-3-10-19(17)29-20-11-4-2-9-18(20)26/h1-11,14H,12-13H2,(H,24,27)(H3,23,25,28). The second-order valence-corrected chi connectivity index (χ2v) is 7.64. The van der Waals surface area contributed by atoms with Crippen LogP contribution in [0.5, 0.6) is 0 Å². The van der Waals surface area contributed by atoms with Crippen molar-refractivity contribution in [1.82, 2.24) is 0 Å². The third-order valence-corrected chi connectivity index (χ3v) is 5.64. The fourth-order valence-corrected chi connectivity index (χ4v) is 4.37. The molecular formula is C22H20N4O2S. The molecule has 0 saturated carbocycles. The first-order chi connectivity index (χ1) is 14.1. The Labute approximate surface area is 173 Å². The Balaban J connectivity index is 1.47. The fraction of sp³-hybridized carbons (Fsp3) is 0.0909. The minimum absolute atomic E-state index is 0.102. The monoisotopic (exact) mass is 404 g/mol. The molecule has 0 bridgehead atoms. The van der Waals surface area contributed by atoms with Gasteiger partial charge in [0.2, 0.25) is 5.91 Å². The van der Waals surface area contributed by atoms with Crippen LogP contribution in [0, 0.1) is 0 Å². The largest absolute Gasteiger partial charge is 0.351 e. The number of carbonyl (C=O) groups is 2. The first kappa shape index (κ1) is 18.9. The van der Waals surface area contributed by atoms with Crippen molar-refractivity contribution in [3.8, 4) is 0 Å². The van der Waals surface area contributed by atoms with Gasteiger partial charge in [0.25, 0.3) is 0 Å². The second-order valence-electron chi connectivity index (χ2n) is 6.56. The molecule has 0 unspecified atom stereocenters. The zero-order valence-corrected chi connectivity index (χ0v) is 16.4. The summed E-state index contributed by atoms with van der Waals surface area (Å²) in [6.45, 7) is 0.555. The molecular weight excluding hydrogens is 384 g/mol. The van der Waals surface area contributed by atoms with Crippen LogP contribution in [-0.2, 0) is 4.79 Å². The van der Waals surface area contributed by atoms with Crippen molar-refractivity contribution in [2.24, 2.45) is 5.73 Å². The maximum Gasteiger partial charge on any atom is 0.316 e. The van der Waals surface area contributed by atoms with E-state index in [2.05, 4.69) is 39.8 Å². The van der Waals surface area contributed by atoms with Crippen molar-refractivity contribution in [2.45, 2.75) is 16.2 Å². The Morgan fingerprint density at radius 1 is 0.828 bits per heavy atom. The number of fused-ring (bicyclic) bond motifs is 2. The zero-order chi connectivity index (χ0) is 20.2. The Morgan fingerprint density at radius 2 is 1.41 bits per heavy atom. The highest BCUT2D eigenvalue weighted by Crippen LogP contribution is 2.47. The summed E-state index contributed by atoms with van der Waals surface area (Å²) in [7, 11) is 0. The SMILES string of the molecule is NC(=O)Nc1cccc(NC(=O)CCN2c3ccccc3Sc3ccccc32)c1. The van der Waals surface area contributed by atoms with Crippen molar-refractivity contribution in [1.29, 1.82) is 0 Å². The molecule has 0 spiro atoms. The first-order valence-electron chi connectivity index (χ1n) is 9.20. The molecule has 0 saturated heterocycles. The summed E-state index contributed by atoms with van der Waals surface area (Å²) in [5.74, 6) is -0.102. The van der Waals surface area contributed by atoms with Gasteiger partial charge in [0.05, 0.1) is 11.4 Å². The lowest BCUT2D eigenvalue weighted by molar-refractivity contribution is -0.116. The fourth-order valence-electron chi connectivity index (χ4n) is 3.28. The van der Waals surface area contributed by atoms with Crippen LogP contribution >= 0.6 is 11.8 Å². The molecule has 0 fully saturated rings. The lowest BCUT2D eigenvalue weighted by atomic mass is 10.2. The smallest absolute Gasteiger partial charge is 0.316 e. The van der Waals surface area contributed by atoms with Gasteiger partial charge in [0.15, 0.2) is 0 Å². The number of benzene rings is 3. The summed E-state index contributed by atoms with van der Waals surface area (Å²) in [5.41, 5.74) is 8.50. The molecule has 0 radical (unpaired) electrons. The van der Waals surface area contributed by atoms with Crippen molar-refractivity contribution in [3.05, 3.63) is 72.8 Å². The van der Waals surface area contributed by atoms with E-state index in [9.17, 15) is 9.59 Å². The van der Waals surface area contributed by atoms with Crippen LogP contribution in [0.2, 0.25) is 0 Å². The number of urea groups is 1. The minimum atomic E-state index is -0.645. The third-order valence-electron chi connectivity index (χ3n) is 4.51. The lowest BCUT2D eigenvalue weighted by Crippen LogP contribution is -2.26. The molecule has 0 aromatic heterocycles. The molecule has 7 heteroatoms. The molecule has 3 amide bonds. The number of hydrogen-bond acceptors (Lipinski definition) is 4. The van der Waals surface area contributed by atoms with Crippen LogP contribution in [0.25, 0.3) is 0 Å². The number of hydrogen-bond donors (Lipinski definition) is 3. The Kier molecular flexibility index (Phi) is 5.39. The molecule has 4 rings (SSSR count). The van der Waals surface area contributed by atoms with Gasteiger partial charge in [-0.25, -0.2) is 4.79 Å². The van der Waals surface area contributed by atoms with Gasteiger partial charge in [-0.15, -0.1) is 0 Å². The van der Waals surface area contributed by atoms with E-state index in [-0.39, 0.29) is 5.91 Å². The van der Waals surface area contributed by atoms with Crippen LogP contribution in [0.4, 0.5) is 27.5 Å². The zero-order valence-electron chi connectivity index (χ0n) is 15.6. The molecule has 6 nitrogen and oxygen atoms in total. The minimum Gasteiger partial charge on any atom is -0.351 e. The van der Waals surface area contributed by atoms with E-state index in [0.29, 0.717) is 24.3 Å². The lowest BCUT2D eigenvalue weighted by Gasteiger charge is -2.32. The van der Waals surface area contributed by atoms with E-state index in [1.165, 1.54) is 9.79 Å². The maximum atomic E-state index is 12.6. The summed E-state index contributed by atoms with van der Waals surface area (Å²) < 4.78 is 0. The first-order valence-corrected chi connectivity index (χ1v) is 10.0.